The molecule has 0 aliphatic carbocycles. The number of sulfonamides is 1. The first kappa shape index (κ1) is 26.8. The maximum absolute atomic E-state index is 13.3. The van der Waals surface area contributed by atoms with E-state index in [1.807, 2.05) is 35.2 Å². The number of anilines is 2. The zero-order chi connectivity index (χ0) is 28.4. The molecular formula is C31H27N3O5S. The molecule has 1 heterocycles. The van der Waals surface area contributed by atoms with Crippen LogP contribution in [0.25, 0.3) is 0 Å². The van der Waals surface area contributed by atoms with Crippen LogP contribution >= 0.6 is 0 Å². The molecule has 4 aromatic rings. The van der Waals surface area contributed by atoms with Crippen LogP contribution in [0.15, 0.2) is 107 Å². The van der Waals surface area contributed by atoms with Crippen molar-refractivity contribution in [1.82, 2.24) is 0 Å². The molecule has 0 spiro atoms. The van der Waals surface area contributed by atoms with Crippen molar-refractivity contribution in [1.29, 1.82) is 0 Å². The van der Waals surface area contributed by atoms with Crippen molar-refractivity contribution in [3.8, 4) is 5.75 Å². The van der Waals surface area contributed by atoms with E-state index in [0.29, 0.717) is 29.4 Å². The van der Waals surface area contributed by atoms with Crippen LogP contribution in [0.1, 0.15) is 38.8 Å². The highest BCUT2D eigenvalue weighted by atomic mass is 32.2. The number of fused-ring (bicyclic) bond motifs is 1. The highest BCUT2D eigenvalue weighted by Crippen LogP contribution is 2.32. The van der Waals surface area contributed by atoms with Crippen molar-refractivity contribution in [3.05, 3.63) is 119 Å². The predicted molar refractivity (Wildman–Crippen MR) is 155 cm³/mol. The number of Topliss-reactive ketones (excluding diaryl/α,β-unsaturated/α-hetero) is 1. The van der Waals surface area contributed by atoms with Gasteiger partial charge < -0.3 is 9.64 Å². The van der Waals surface area contributed by atoms with Gasteiger partial charge in [-0.1, -0.05) is 48.5 Å². The Morgan fingerprint density at radius 2 is 1.57 bits per heavy atom. The molecule has 0 radical (unpaired) electrons. The Balaban J connectivity index is 1.46. The molecule has 4 aromatic carbocycles. The SMILES string of the molecule is COc1ccccc1N(C)S(=O)(=O)c1ccc(C(=O)N=C2c3ccccc3CN2c2cccc(C(C)=O)c2)cc1. The number of amides is 1. The number of amidine groups is 1. The normalized spacial score (nSPS) is 13.7. The third kappa shape index (κ3) is 4.99. The van der Waals surface area contributed by atoms with Crippen LogP contribution in [-0.4, -0.2) is 40.1 Å². The Morgan fingerprint density at radius 1 is 0.875 bits per heavy atom. The minimum atomic E-state index is -3.91. The van der Waals surface area contributed by atoms with Gasteiger partial charge in [0.25, 0.3) is 15.9 Å². The van der Waals surface area contributed by atoms with Gasteiger partial charge in [0, 0.05) is 29.4 Å². The lowest BCUT2D eigenvalue weighted by molar-refractivity contribution is 0.0998. The maximum Gasteiger partial charge on any atom is 0.278 e. The van der Waals surface area contributed by atoms with E-state index in [4.69, 9.17) is 4.74 Å². The van der Waals surface area contributed by atoms with Crippen molar-refractivity contribution in [2.24, 2.45) is 4.99 Å². The Bertz CT molecular complexity index is 1750. The summed E-state index contributed by atoms with van der Waals surface area (Å²) in [4.78, 5) is 31.7. The van der Waals surface area contributed by atoms with E-state index in [2.05, 4.69) is 4.99 Å². The lowest BCUT2D eigenvalue weighted by atomic mass is 10.1. The van der Waals surface area contributed by atoms with Crippen LogP contribution in [0, 0.1) is 0 Å². The van der Waals surface area contributed by atoms with E-state index in [0.717, 1.165) is 21.1 Å². The summed E-state index contributed by atoms with van der Waals surface area (Å²) < 4.78 is 33.1. The summed E-state index contributed by atoms with van der Waals surface area (Å²) in [5, 5.41) is 0. The van der Waals surface area contributed by atoms with Gasteiger partial charge in [-0.05, 0) is 61.0 Å². The molecular weight excluding hydrogens is 526 g/mol. The lowest BCUT2D eigenvalue weighted by Crippen LogP contribution is -2.27. The predicted octanol–water partition coefficient (Wildman–Crippen LogP) is 5.33. The van der Waals surface area contributed by atoms with Crippen molar-refractivity contribution >= 4 is 38.9 Å². The first-order chi connectivity index (χ1) is 19.2. The van der Waals surface area contributed by atoms with E-state index in [9.17, 15) is 18.0 Å². The number of methoxy groups -OCH3 is 1. The average Bonchev–Trinajstić information content (AvgIpc) is 3.35. The molecule has 1 amide bonds. The molecule has 5 rings (SSSR count). The highest BCUT2D eigenvalue weighted by Gasteiger charge is 2.28. The molecule has 0 atom stereocenters. The Labute approximate surface area is 233 Å². The number of nitrogens with zero attached hydrogens (tertiary/aromatic N) is 3. The fraction of sp³-hybridized carbons (Fsp3) is 0.129. The quantitative estimate of drug-likeness (QED) is 0.287. The molecule has 0 fully saturated rings. The largest absolute Gasteiger partial charge is 0.495 e. The molecule has 0 N–H and O–H groups in total. The number of ether oxygens (including phenoxy) is 1. The molecule has 0 saturated carbocycles. The van der Waals surface area contributed by atoms with Crippen molar-refractivity contribution < 1.29 is 22.7 Å². The van der Waals surface area contributed by atoms with Gasteiger partial charge in [-0.25, -0.2) is 8.42 Å². The van der Waals surface area contributed by atoms with Gasteiger partial charge in [0.2, 0.25) is 0 Å². The Kier molecular flexibility index (Phi) is 7.23. The number of benzene rings is 4. The second-order valence-electron chi connectivity index (χ2n) is 9.26. The van der Waals surface area contributed by atoms with Crippen molar-refractivity contribution in [2.45, 2.75) is 18.4 Å². The molecule has 8 nitrogen and oxygen atoms in total. The topological polar surface area (TPSA) is 96.3 Å². The van der Waals surface area contributed by atoms with Crippen LogP contribution in [0.4, 0.5) is 11.4 Å². The Hall–Kier alpha value is -4.76. The summed E-state index contributed by atoms with van der Waals surface area (Å²) in [5.74, 6) is 0.321. The molecule has 0 aromatic heterocycles. The van der Waals surface area contributed by atoms with E-state index in [-0.39, 0.29) is 16.2 Å². The maximum atomic E-state index is 13.3. The second-order valence-corrected chi connectivity index (χ2v) is 11.2. The standard InChI is InChI=1S/C31H27N3O5S/c1-21(35)23-10-8-11-25(19-23)34-20-24-9-4-5-12-27(24)30(34)32-31(36)22-15-17-26(18-16-22)40(37,38)33(2)28-13-6-7-14-29(28)39-3/h4-19H,20H2,1-3H3. The third-order valence-electron chi connectivity index (χ3n) is 6.80. The van der Waals surface area contributed by atoms with Crippen LogP contribution < -0.4 is 13.9 Å². The van der Waals surface area contributed by atoms with E-state index < -0.39 is 15.9 Å². The lowest BCUT2D eigenvalue weighted by Gasteiger charge is -2.21. The van der Waals surface area contributed by atoms with E-state index in [1.165, 1.54) is 45.3 Å². The summed E-state index contributed by atoms with van der Waals surface area (Å²) in [5.41, 5.74) is 3.77. The number of rotatable bonds is 7. The third-order valence-corrected chi connectivity index (χ3v) is 8.58. The summed E-state index contributed by atoms with van der Waals surface area (Å²) in [6, 6.07) is 27.4. The number of carbonyl (C=O) groups excluding carboxylic acids is 2. The molecule has 40 heavy (non-hydrogen) atoms. The minimum Gasteiger partial charge on any atom is -0.495 e. The van der Waals surface area contributed by atoms with Gasteiger partial charge in [0.1, 0.15) is 11.6 Å². The van der Waals surface area contributed by atoms with Crippen LogP contribution in [0.3, 0.4) is 0 Å². The number of carbonyl (C=O) groups is 2. The van der Waals surface area contributed by atoms with Gasteiger partial charge in [0.05, 0.1) is 24.2 Å². The zero-order valence-electron chi connectivity index (χ0n) is 22.2. The van der Waals surface area contributed by atoms with Crippen LogP contribution in [-0.2, 0) is 16.6 Å². The average molecular weight is 554 g/mol. The number of hydrogen-bond donors (Lipinski definition) is 0. The summed E-state index contributed by atoms with van der Waals surface area (Å²) in [6.45, 7) is 2.00. The highest BCUT2D eigenvalue weighted by molar-refractivity contribution is 7.92. The molecule has 1 aliphatic rings. The van der Waals surface area contributed by atoms with Crippen LogP contribution in [0.5, 0.6) is 5.75 Å². The molecule has 9 heteroatoms. The summed E-state index contributed by atoms with van der Waals surface area (Å²) in [7, 11) is -0.988. The van der Waals surface area contributed by atoms with Gasteiger partial charge in [0.15, 0.2) is 5.78 Å². The van der Waals surface area contributed by atoms with Gasteiger partial charge >= 0.3 is 0 Å². The molecule has 1 aliphatic heterocycles. The monoisotopic (exact) mass is 553 g/mol. The van der Waals surface area contributed by atoms with E-state index >= 15 is 0 Å². The first-order valence-corrected chi connectivity index (χ1v) is 14.0. The molecule has 0 bridgehead atoms. The number of ketones is 1. The molecule has 202 valence electrons. The van der Waals surface area contributed by atoms with Gasteiger partial charge in [-0.3, -0.25) is 13.9 Å². The summed E-state index contributed by atoms with van der Waals surface area (Å²) in [6.07, 6.45) is 0. The molecule has 0 unspecified atom stereocenters. The van der Waals surface area contributed by atoms with Gasteiger partial charge in [-0.15, -0.1) is 0 Å². The Morgan fingerprint density at radius 3 is 2.30 bits per heavy atom. The smallest absolute Gasteiger partial charge is 0.278 e. The van der Waals surface area contributed by atoms with E-state index in [1.54, 1.807) is 42.5 Å². The number of hydrogen-bond acceptors (Lipinski definition) is 5. The molecule has 0 saturated heterocycles. The number of aliphatic imine (C=N–C) groups is 1. The van der Waals surface area contributed by atoms with Crippen LogP contribution in [0.2, 0.25) is 0 Å². The summed E-state index contributed by atoms with van der Waals surface area (Å²) >= 11 is 0. The van der Waals surface area contributed by atoms with Gasteiger partial charge in [-0.2, -0.15) is 4.99 Å². The first-order valence-electron chi connectivity index (χ1n) is 12.5. The number of para-hydroxylation sites is 2. The zero-order valence-corrected chi connectivity index (χ0v) is 23.1. The van der Waals surface area contributed by atoms with Crippen molar-refractivity contribution in [3.63, 3.8) is 0 Å². The minimum absolute atomic E-state index is 0.0268. The second kappa shape index (κ2) is 10.8. The fourth-order valence-electron chi connectivity index (χ4n) is 4.60. The van der Waals surface area contributed by atoms with Crippen molar-refractivity contribution in [2.75, 3.05) is 23.4 Å². The fourth-order valence-corrected chi connectivity index (χ4v) is 5.81.